The fraction of sp³-hybridized carbons (Fsp3) is 0.310. The molecule has 0 saturated carbocycles. The number of nitrogens with one attached hydrogen (secondary N) is 1. The van der Waals surface area contributed by atoms with Crippen LogP contribution in [0.4, 0.5) is 0 Å². The van der Waals surface area contributed by atoms with Gasteiger partial charge in [-0.25, -0.2) is 0 Å². The Kier molecular flexibility index (Phi) is 7.63. The van der Waals surface area contributed by atoms with Crippen molar-refractivity contribution in [1.29, 1.82) is 0 Å². The van der Waals surface area contributed by atoms with Gasteiger partial charge < -0.3 is 25.4 Å². The third kappa shape index (κ3) is 6.24. The molecule has 7 nitrogen and oxygen atoms in total. The van der Waals surface area contributed by atoms with Crippen molar-refractivity contribution in [2.75, 3.05) is 13.1 Å². The van der Waals surface area contributed by atoms with E-state index in [0.29, 0.717) is 31.7 Å². The lowest BCUT2D eigenvalue weighted by Gasteiger charge is -2.30. The van der Waals surface area contributed by atoms with E-state index in [4.69, 9.17) is 26.8 Å². The molecular formula is C29H31ClN4O3. The van der Waals surface area contributed by atoms with Crippen LogP contribution in [0.1, 0.15) is 46.9 Å². The number of carbonyl (C=O) groups is 1. The summed E-state index contributed by atoms with van der Waals surface area (Å²) in [6.45, 7) is 3.67. The van der Waals surface area contributed by atoms with Crippen LogP contribution in [0.25, 0.3) is 5.70 Å². The normalized spacial score (nSPS) is 17.9. The highest BCUT2D eigenvalue weighted by Gasteiger charge is 2.24. The average Bonchev–Trinajstić information content (AvgIpc) is 3.27. The van der Waals surface area contributed by atoms with E-state index in [1.807, 2.05) is 72.5 Å². The van der Waals surface area contributed by atoms with E-state index < -0.39 is 0 Å². The number of carbonyl (C=O) groups excluding carboxylic acids is 1. The highest BCUT2D eigenvalue weighted by molar-refractivity contribution is 6.30. The van der Waals surface area contributed by atoms with Gasteiger partial charge in [-0.1, -0.05) is 23.7 Å². The first-order valence-corrected chi connectivity index (χ1v) is 12.9. The number of likely N-dealkylation sites (tertiary alicyclic amines) is 1. The Morgan fingerprint density at radius 1 is 1.16 bits per heavy atom. The summed E-state index contributed by atoms with van der Waals surface area (Å²) in [4.78, 5) is 18.9. The Balaban J connectivity index is 1.13. The SMILES string of the molecule is CC1=C(c2ccc(OCc3ccc(C(=O)N4CCC(N)CC4)cn3)cc2)NC(Cc2cccc(Cl)c2)O1. The van der Waals surface area contributed by atoms with Gasteiger partial charge in [-0.2, -0.15) is 0 Å². The van der Waals surface area contributed by atoms with E-state index in [1.54, 1.807) is 6.20 Å². The first-order valence-electron chi connectivity index (χ1n) is 12.6. The number of amides is 1. The van der Waals surface area contributed by atoms with E-state index in [9.17, 15) is 4.79 Å². The average molecular weight is 519 g/mol. The predicted octanol–water partition coefficient (Wildman–Crippen LogP) is 4.75. The number of allylic oxidation sites excluding steroid dienone is 1. The molecule has 0 spiro atoms. The van der Waals surface area contributed by atoms with Crippen molar-refractivity contribution in [1.82, 2.24) is 15.2 Å². The molecule has 2 aliphatic heterocycles. The van der Waals surface area contributed by atoms with E-state index in [2.05, 4.69) is 10.3 Å². The van der Waals surface area contributed by atoms with Gasteiger partial charge >= 0.3 is 0 Å². The first kappa shape index (κ1) is 25.1. The van der Waals surface area contributed by atoms with Gasteiger partial charge in [0.2, 0.25) is 0 Å². The lowest BCUT2D eigenvalue weighted by atomic mass is 10.1. The lowest BCUT2D eigenvalue weighted by Crippen LogP contribution is -2.42. The summed E-state index contributed by atoms with van der Waals surface area (Å²) >= 11 is 6.11. The molecular weight excluding hydrogens is 488 g/mol. The van der Waals surface area contributed by atoms with Crippen LogP contribution in [-0.4, -0.2) is 41.2 Å². The topological polar surface area (TPSA) is 89.7 Å². The van der Waals surface area contributed by atoms with Gasteiger partial charge in [0.05, 0.1) is 17.0 Å². The second-order valence-corrected chi connectivity index (χ2v) is 9.93. The first-order chi connectivity index (χ1) is 17.9. The molecule has 192 valence electrons. The van der Waals surface area contributed by atoms with Crippen LogP contribution in [0.2, 0.25) is 5.02 Å². The number of benzene rings is 2. The molecule has 5 rings (SSSR count). The third-order valence-electron chi connectivity index (χ3n) is 6.71. The molecule has 3 heterocycles. The maximum atomic E-state index is 12.7. The van der Waals surface area contributed by atoms with Gasteiger partial charge in [0.15, 0.2) is 6.23 Å². The van der Waals surface area contributed by atoms with Crippen molar-refractivity contribution in [3.05, 3.63) is 100 Å². The Labute approximate surface area is 222 Å². The number of piperidine rings is 1. The highest BCUT2D eigenvalue weighted by Crippen LogP contribution is 2.27. The van der Waals surface area contributed by atoms with Gasteiger partial charge in [0.1, 0.15) is 18.1 Å². The van der Waals surface area contributed by atoms with Gasteiger partial charge in [-0.15, -0.1) is 0 Å². The molecule has 3 N–H and O–H groups in total. The molecule has 1 unspecified atom stereocenters. The zero-order valence-corrected chi connectivity index (χ0v) is 21.6. The molecule has 0 aliphatic carbocycles. The van der Waals surface area contributed by atoms with Crippen LogP contribution in [0.15, 0.2) is 72.6 Å². The predicted molar refractivity (Wildman–Crippen MR) is 144 cm³/mol. The van der Waals surface area contributed by atoms with E-state index in [1.165, 1.54) is 0 Å². The largest absolute Gasteiger partial charge is 0.487 e. The van der Waals surface area contributed by atoms with E-state index in [0.717, 1.165) is 51.9 Å². The van der Waals surface area contributed by atoms with E-state index in [-0.39, 0.29) is 18.2 Å². The maximum Gasteiger partial charge on any atom is 0.255 e. The minimum atomic E-state index is -0.141. The van der Waals surface area contributed by atoms with Crippen LogP contribution in [0.3, 0.4) is 0 Å². The zero-order chi connectivity index (χ0) is 25.8. The quantitative estimate of drug-likeness (QED) is 0.469. The van der Waals surface area contributed by atoms with Crippen molar-refractivity contribution in [3.63, 3.8) is 0 Å². The van der Waals surface area contributed by atoms with Gasteiger partial charge in [0.25, 0.3) is 5.91 Å². The van der Waals surface area contributed by atoms with E-state index >= 15 is 0 Å². The number of nitrogens with two attached hydrogens (primary N) is 1. The maximum absolute atomic E-state index is 12.7. The minimum Gasteiger partial charge on any atom is -0.487 e. The van der Waals surface area contributed by atoms with Gasteiger partial charge in [0, 0.05) is 42.3 Å². The molecule has 0 bridgehead atoms. The monoisotopic (exact) mass is 518 g/mol. The number of rotatable bonds is 7. The molecule has 1 fully saturated rings. The summed E-state index contributed by atoms with van der Waals surface area (Å²) in [6.07, 6.45) is 3.88. The smallest absolute Gasteiger partial charge is 0.255 e. The molecule has 8 heteroatoms. The summed E-state index contributed by atoms with van der Waals surface area (Å²) in [5.74, 6) is 1.60. The van der Waals surface area contributed by atoms with Crippen molar-refractivity contribution in [2.45, 2.75) is 45.1 Å². The number of ether oxygens (including phenoxy) is 2. The summed E-state index contributed by atoms with van der Waals surface area (Å²) in [6, 6.07) is 19.5. The van der Waals surface area contributed by atoms with Crippen molar-refractivity contribution in [3.8, 4) is 5.75 Å². The fourth-order valence-electron chi connectivity index (χ4n) is 4.62. The molecule has 1 atom stereocenters. The molecule has 1 saturated heterocycles. The lowest BCUT2D eigenvalue weighted by molar-refractivity contribution is 0.0714. The van der Waals surface area contributed by atoms with Crippen molar-refractivity contribution in [2.24, 2.45) is 5.73 Å². The minimum absolute atomic E-state index is 0.00589. The molecule has 3 aromatic rings. The number of nitrogens with zero attached hydrogens (tertiary/aromatic N) is 2. The van der Waals surface area contributed by atoms with Crippen molar-refractivity contribution >= 4 is 23.2 Å². The molecule has 2 aliphatic rings. The Hall–Kier alpha value is -3.55. The van der Waals surface area contributed by atoms with Crippen LogP contribution in [-0.2, 0) is 17.8 Å². The number of pyridine rings is 1. The van der Waals surface area contributed by atoms with Crippen LogP contribution >= 0.6 is 11.6 Å². The fourth-order valence-corrected chi connectivity index (χ4v) is 4.83. The number of aromatic nitrogens is 1. The standard InChI is InChI=1S/C29H31ClN4O3/c1-19-28(33-27(37-19)16-20-3-2-4-23(30)15-20)21-6-9-26(10-7-21)36-18-25-8-5-22(17-32-25)29(35)34-13-11-24(31)12-14-34/h2-10,15,17,24,27,33H,11-14,16,18,31H2,1H3. The Morgan fingerprint density at radius 2 is 1.95 bits per heavy atom. The summed E-state index contributed by atoms with van der Waals surface area (Å²) in [5, 5.41) is 4.19. The molecule has 37 heavy (non-hydrogen) atoms. The molecule has 1 amide bonds. The second-order valence-electron chi connectivity index (χ2n) is 9.50. The summed E-state index contributed by atoms with van der Waals surface area (Å²) < 4.78 is 12.0. The number of hydrogen-bond acceptors (Lipinski definition) is 6. The van der Waals surface area contributed by atoms with Crippen LogP contribution in [0, 0.1) is 0 Å². The summed E-state index contributed by atoms with van der Waals surface area (Å²) in [5.41, 5.74) is 10.4. The molecule has 2 aromatic carbocycles. The number of halogens is 1. The van der Waals surface area contributed by atoms with Crippen LogP contribution < -0.4 is 15.8 Å². The van der Waals surface area contributed by atoms with Crippen molar-refractivity contribution < 1.29 is 14.3 Å². The zero-order valence-electron chi connectivity index (χ0n) is 20.8. The summed E-state index contributed by atoms with van der Waals surface area (Å²) in [7, 11) is 0. The Morgan fingerprint density at radius 3 is 2.65 bits per heavy atom. The molecule has 0 radical (unpaired) electrons. The second kappa shape index (κ2) is 11.2. The number of hydrogen-bond donors (Lipinski definition) is 2. The third-order valence-corrected chi connectivity index (χ3v) is 6.95. The van der Waals surface area contributed by atoms with Gasteiger partial charge in [-0.3, -0.25) is 9.78 Å². The Bertz CT molecular complexity index is 1270. The van der Waals surface area contributed by atoms with Crippen LogP contribution in [0.5, 0.6) is 5.75 Å². The molecule has 1 aromatic heterocycles. The highest BCUT2D eigenvalue weighted by atomic mass is 35.5. The van der Waals surface area contributed by atoms with Gasteiger partial charge in [-0.05, 0) is 73.9 Å².